The van der Waals surface area contributed by atoms with Crippen molar-refractivity contribution in [3.05, 3.63) is 58.1 Å². The molecule has 1 aliphatic rings. The summed E-state index contributed by atoms with van der Waals surface area (Å²) in [4.78, 5) is 28.7. The molecule has 8 nitrogen and oxygen atoms in total. The summed E-state index contributed by atoms with van der Waals surface area (Å²) in [5.74, 6) is -0.144. The summed E-state index contributed by atoms with van der Waals surface area (Å²) >= 11 is 12.2. The Kier molecular flexibility index (Phi) is 10.7. The van der Waals surface area contributed by atoms with Gasteiger partial charge in [-0.05, 0) is 55.2 Å². The van der Waals surface area contributed by atoms with Crippen LogP contribution in [0.25, 0.3) is 0 Å². The Hall–Kier alpha value is -2.49. The highest BCUT2D eigenvalue weighted by Gasteiger charge is 2.33. The fourth-order valence-corrected chi connectivity index (χ4v) is 5.82. The van der Waals surface area contributed by atoms with Gasteiger partial charge in [0.1, 0.15) is 18.3 Å². The third-order valence-corrected chi connectivity index (χ3v) is 8.57. The van der Waals surface area contributed by atoms with Crippen LogP contribution in [-0.4, -0.2) is 57.1 Å². The molecule has 1 N–H and O–H groups in total. The van der Waals surface area contributed by atoms with Crippen LogP contribution >= 0.6 is 23.2 Å². The van der Waals surface area contributed by atoms with Crippen LogP contribution in [0.15, 0.2) is 42.5 Å². The molecule has 1 aliphatic carbocycles. The third-order valence-electron chi connectivity index (χ3n) is 6.69. The molecule has 2 aromatic rings. The van der Waals surface area contributed by atoms with Crippen LogP contribution in [0.4, 0.5) is 5.69 Å². The van der Waals surface area contributed by atoms with Gasteiger partial charge in [0.15, 0.2) is 0 Å². The molecule has 2 amide bonds. The number of nitrogens with one attached hydrogen (secondary N) is 1. The van der Waals surface area contributed by atoms with Gasteiger partial charge in [-0.15, -0.1) is 0 Å². The van der Waals surface area contributed by atoms with Gasteiger partial charge >= 0.3 is 0 Å². The molecule has 0 unspecified atom stereocenters. The Balaban J connectivity index is 1.94. The van der Waals surface area contributed by atoms with E-state index < -0.39 is 28.5 Å². The Morgan fingerprint density at radius 3 is 2.39 bits per heavy atom. The number of anilines is 1. The summed E-state index contributed by atoms with van der Waals surface area (Å²) in [5, 5.41) is 3.55. The van der Waals surface area contributed by atoms with Crippen molar-refractivity contribution in [1.29, 1.82) is 0 Å². The molecular weight excluding hydrogens is 549 g/mol. The second kappa shape index (κ2) is 13.5. The Morgan fingerprint density at radius 1 is 1.08 bits per heavy atom. The van der Waals surface area contributed by atoms with Gasteiger partial charge in [-0.1, -0.05) is 61.5 Å². The Labute approximate surface area is 235 Å². The normalized spacial score (nSPS) is 15.0. The van der Waals surface area contributed by atoms with Gasteiger partial charge < -0.3 is 15.0 Å². The summed E-state index contributed by atoms with van der Waals surface area (Å²) in [6, 6.07) is 10.9. The molecule has 0 heterocycles. The lowest BCUT2D eigenvalue weighted by molar-refractivity contribution is -0.140. The quantitative estimate of drug-likeness (QED) is 0.400. The maximum atomic E-state index is 13.8. The van der Waals surface area contributed by atoms with E-state index in [4.69, 9.17) is 27.9 Å². The first-order valence-electron chi connectivity index (χ1n) is 12.7. The van der Waals surface area contributed by atoms with Crippen molar-refractivity contribution in [2.75, 3.05) is 24.2 Å². The molecule has 0 spiro atoms. The molecule has 0 aliphatic heterocycles. The number of hydrogen-bond acceptors (Lipinski definition) is 5. The van der Waals surface area contributed by atoms with E-state index in [9.17, 15) is 18.0 Å². The molecule has 0 radical (unpaired) electrons. The van der Waals surface area contributed by atoms with Gasteiger partial charge in [-0.3, -0.25) is 13.9 Å². The number of carbonyl (C=O) groups excluding carboxylic acids is 2. The maximum absolute atomic E-state index is 13.8. The summed E-state index contributed by atoms with van der Waals surface area (Å²) in [7, 11) is -2.32. The van der Waals surface area contributed by atoms with Gasteiger partial charge in [-0.25, -0.2) is 8.42 Å². The first-order valence-corrected chi connectivity index (χ1v) is 15.3. The molecule has 38 heavy (non-hydrogen) atoms. The lowest BCUT2D eigenvalue weighted by Crippen LogP contribution is -2.53. The van der Waals surface area contributed by atoms with Crippen molar-refractivity contribution in [2.24, 2.45) is 0 Å². The van der Waals surface area contributed by atoms with E-state index in [1.807, 2.05) is 13.0 Å². The number of nitrogens with zero attached hydrogens (tertiary/aromatic N) is 2. The van der Waals surface area contributed by atoms with Crippen molar-refractivity contribution >= 4 is 50.7 Å². The van der Waals surface area contributed by atoms with Gasteiger partial charge in [0.2, 0.25) is 21.8 Å². The highest BCUT2D eigenvalue weighted by molar-refractivity contribution is 7.92. The Morgan fingerprint density at radius 2 is 1.79 bits per heavy atom. The van der Waals surface area contributed by atoms with Gasteiger partial charge in [0, 0.05) is 12.6 Å². The maximum Gasteiger partial charge on any atom is 0.244 e. The Bertz CT molecular complexity index is 1230. The predicted octanol–water partition coefficient (Wildman–Crippen LogP) is 5.02. The predicted molar refractivity (Wildman–Crippen MR) is 151 cm³/mol. The number of benzene rings is 2. The number of rotatable bonds is 11. The van der Waals surface area contributed by atoms with E-state index in [0.717, 1.165) is 48.2 Å². The second-order valence-electron chi connectivity index (χ2n) is 9.51. The molecule has 0 aromatic heterocycles. The molecule has 1 saturated carbocycles. The molecular formula is C27H35Cl2N3O5S. The number of amides is 2. The van der Waals surface area contributed by atoms with E-state index in [0.29, 0.717) is 12.2 Å². The van der Waals surface area contributed by atoms with E-state index in [2.05, 4.69) is 5.32 Å². The van der Waals surface area contributed by atoms with Crippen molar-refractivity contribution in [2.45, 2.75) is 64.1 Å². The summed E-state index contributed by atoms with van der Waals surface area (Å²) in [6.07, 6.45) is 6.46. The van der Waals surface area contributed by atoms with Crippen molar-refractivity contribution in [3.63, 3.8) is 0 Å². The van der Waals surface area contributed by atoms with Gasteiger partial charge in [0.05, 0.1) is 29.1 Å². The minimum atomic E-state index is -3.87. The van der Waals surface area contributed by atoms with E-state index in [-0.39, 0.29) is 34.2 Å². The molecule has 0 bridgehead atoms. The van der Waals surface area contributed by atoms with Crippen LogP contribution < -0.4 is 14.4 Å². The first-order chi connectivity index (χ1) is 18.0. The van der Waals surface area contributed by atoms with Crippen LogP contribution in [0.2, 0.25) is 10.0 Å². The average Bonchev–Trinajstić information content (AvgIpc) is 2.88. The van der Waals surface area contributed by atoms with E-state index in [1.54, 1.807) is 25.3 Å². The monoisotopic (exact) mass is 583 g/mol. The number of methoxy groups -OCH3 is 1. The molecule has 11 heteroatoms. The number of ether oxygens (including phenoxy) is 1. The lowest BCUT2D eigenvalue weighted by Gasteiger charge is -2.34. The standard InChI is InChI=1S/C27H35Cl2N3O5S/c1-4-25(27(34)30-20-10-6-5-7-11-20)31(17-19-9-8-12-22(15-19)37-2)26(33)18-32(38(3,35)36)21-13-14-23(28)24(29)16-21/h8-9,12-16,20,25H,4-7,10-11,17-18H2,1-3H3,(H,30,34)/t25-/m1/s1. The zero-order chi connectivity index (χ0) is 27.9. The van der Waals surface area contributed by atoms with Gasteiger partial charge in [0.25, 0.3) is 0 Å². The number of halogens is 2. The van der Waals surface area contributed by atoms with E-state index in [1.165, 1.54) is 23.1 Å². The lowest BCUT2D eigenvalue weighted by atomic mass is 9.95. The fourth-order valence-electron chi connectivity index (χ4n) is 4.69. The fraction of sp³-hybridized carbons (Fsp3) is 0.481. The minimum absolute atomic E-state index is 0.0720. The largest absolute Gasteiger partial charge is 0.497 e. The van der Waals surface area contributed by atoms with Crippen molar-refractivity contribution < 1.29 is 22.7 Å². The van der Waals surface area contributed by atoms with E-state index >= 15 is 0 Å². The SMILES string of the molecule is CC[C@H](C(=O)NC1CCCCC1)N(Cc1cccc(OC)c1)C(=O)CN(c1ccc(Cl)c(Cl)c1)S(C)(=O)=O. The third kappa shape index (κ3) is 8.01. The summed E-state index contributed by atoms with van der Waals surface area (Å²) in [6.45, 7) is 1.43. The minimum Gasteiger partial charge on any atom is -0.497 e. The molecule has 1 fully saturated rings. The second-order valence-corrected chi connectivity index (χ2v) is 12.2. The average molecular weight is 585 g/mol. The smallest absolute Gasteiger partial charge is 0.244 e. The number of carbonyl (C=O) groups is 2. The molecule has 1 atom stereocenters. The van der Waals surface area contributed by atoms with Gasteiger partial charge in [-0.2, -0.15) is 0 Å². The first kappa shape index (κ1) is 30.1. The highest BCUT2D eigenvalue weighted by atomic mass is 35.5. The molecule has 0 saturated heterocycles. The molecule has 3 rings (SSSR count). The number of sulfonamides is 1. The number of hydrogen-bond donors (Lipinski definition) is 1. The van der Waals surface area contributed by atoms with Crippen molar-refractivity contribution in [1.82, 2.24) is 10.2 Å². The topological polar surface area (TPSA) is 96.0 Å². The molecule has 208 valence electrons. The zero-order valence-corrected chi connectivity index (χ0v) is 24.3. The summed E-state index contributed by atoms with van der Waals surface area (Å²) in [5.41, 5.74) is 0.957. The van der Waals surface area contributed by atoms with Crippen LogP contribution in [-0.2, 0) is 26.2 Å². The van der Waals surface area contributed by atoms with Crippen LogP contribution in [0.1, 0.15) is 51.0 Å². The molecule has 2 aromatic carbocycles. The summed E-state index contributed by atoms with van der Waals surface area (Å²) < 4.78 is 31.8. The zero-order valence-electron chi connectivity index (χ0n) is 22.0. The highest BCUT2D eigenvalue weighted by Crippen LogP contribution is 2.29. The van der Waals surface area contributed by atoms with Crippen LogP contribution in [0.5, 0.6) is 5.75 Å². The van der Waals surface area contributed by atoms with Crippen LogP contribution in [0.3, 0.4) is 0 Å². The van der Waals surface area contributed by atoms with Crippen LogP contribution in [0, 0.1) is 0 Å². The van der Waals surface area contributed by atoms with Crippen molar-refractivity contribution in [3.8, 4) is 5.75 Å².